The van der Waals surface area contributed by atoms with Crippen LogP contribution in [0.3, 0.4) is 0 Å². The van der Waals surface area contributed by atoms with Crippen molar-refractivity contribution in [2.75, 3.05) is 0 Å². The molecule has 0 aliphatic heterocycles. The van der Waals surface area contributed by atoms with Crippen molar-refractivity contribution in [2.24, 2.45) is 23.5 Å². The van der Waals surface area contributed by atoms with Crippen molar-refractivity contribution in [1.82, 2.24) is 26.6 Å². The van der Waals surface area contributed by atoms with Crippen molar-refractivity contribution in [3.05, 3.63) is 35.9 Å². The van der Waals surface area contributed by atoms with Crippen LogP contribution in [0.1, 0.15) is 79.7 Å². The third-order valence-electron chi connectivity index (χ3n) is 7.85. The SMILES string of the molecule is CC[C@H](C)[C@H](NC(=O)[C@H](CC(C)C)NC(=O)[C@H](CC(C)C)NC(=O)[C@@H](N)Cc1ccccc1)C(=O)N[C@@H](CC(=O)O)C(=O)N[C@@H](C)C(=O)O. The average molecular weight is 691 g/mol. The minimum absolute atomic E-state index is 0.00770. The van der Waals surface area contributed by atoms with Crippen molar-refractivity contribution in [2.45, 2.75) is 117 Å². The molecule has 0 unspecified atom stereocenters. The molecule has 0 bridgehead atoms. The number of carbonyl (C=O) groups is 7. The summed E-state index contributed by atoms with van der Waals surface area (Å²) in [6.45, 7) is 12.1. The number of benzene rings is 1. The van der Waals surface area contributed by atoms with E-state index in [0.29, 0.717) is 6.42 Å². The maximum absolute atomic E-state index is 13.7. The topological polar surface area (TPSA) is 246 Å². The highest BCUT2D eigenvalue weighted by atomic mass is 16.4. The molecule has 0 aliphatic carbocycles. The first-order valence-corrected chi connectivity index (χ1v) is 16.6. The maximum atomic E-state index is 13.7. The molecule has 0 spiro atoms. The van der Waals surface area contributed by atoms with Crippen LogP contribution in [0.2, 0.25) is 0 Å². The van der Waals surface area contributed by atoms with Gasteiger partial charge in [0.15, 0.2) is 0 Å². The Morgan fingerprint density at radius 3 is 1.59 bits per heavy atom. The van der Waals surface area contributed by atoms with E-state index >= 15 is 0 Å². The van der Waals surface area contributed by atoms with Crippen LogP contribution in [0.15, 0.2) is 30.3 Å². The van der Waals surface area contributed by atoms with Gasteiger partial charge in [0, 0.05) is 0 Å². The minimum atomic E-state index is -1.63. The largest absolute Gasteiger partial charge is 0.481 e. The summed E-state index contributed by atoms with van der Waals surface area (Å²) in [5, 5.41) is 31.0. The van der Waals surface area contributed by atoms with Gasteiger partial charge >= 0.3 is 11.9 Å². The first kappa shape index (κ1) is 42.5. The van der Waals surface area contributed by atoms with Crippen molar-refractivity contribution in [3.63, 3.8) is 0 Å². The lowest BCUT2D eigenvalue weighted by molar-refractivity contribution is -0.143. The molecule has 15 heteroatoms. The number of aliphatic carboxylic acids is 2. The van der Waals surface area contributed by atoms with E-state index in [9.17, 15) is 38.7 Å². The van der Waals surface area contributed by atoms with E-state index < -0.39 is 90.1 Å². The van der Waals surface area contributed by atoms with Gasteiger partial charge in [-0.05, 0) is 49.5 Å². The van der Waals surface area contributed by atoms with Crippen molar-refractivity contribution in [1.29, 1.82) is 0 Å². The monoisotopic (exact) mass is 690 g/mol. The van der Waals surface area contributed by atoms with Gasteiger partial charge < -0.3 is 42.5 Å². The number of rotatable bonds is 21. The molecule has 0 aromatic heterocycles. The van der Waals surface area contributed by atoms with E-state index in [2.05, 4.69) is 26.6 Å². The number of hydrogen-bond donors (Lipinski definition) is 8. The first-order valence-electron chi connectivity index (χ1n) is 16.6. The molecule has 0 saturated heterocycles. The molecule has 274 valence electrons. The highest BCUT2D eigenvalue weighted by Crippen LogP contribution is 2.13. The lowest BCUT2D eigenvalue weighted by atomic mass is 9.96. The molecule has 0 saturated carbocycles. The van der Waals surface area contributed by atoms with Crippen LogP contribution in [0.5, 0.6) is 0 Å². The van der Waals surface area contributed by atoms with Gasteiger partial charge in [-0.1, -0.05) is 78.3 Å². The Morgan fingerprint density at radius 1 is 0.653 bits per heavy atom. The fourth-order valence-electron chi connectivity index (χ4n) is 4.89. The number of carboxylic acid groups (broad SMARTS) is 2. The number of carboxylic acids is 2. The summed E-state index contributed by atoms with van der Waals surface area (Å²) in [4.78, 5) is 89.1. The van der Waals surface area contributed by atoms with Crippen molar-refractivity contribution in [3.8, 4) is 0 Å². The lowest BCUT2D eigenvalue weighted by Crippen LogP contribution is -2.60. The quantitative estimate of drug-likeness (QED) is 0.0897. The highest BCUT2D eigenvalue weighted by Gasteiger charge is 2.35. The van der Waals surface area contributed by atoms with Crippen LogP contribution < -0.4 is 32.3 Å². The van der Waals surface area contributed by atoms with E-state index in [4.69, 9.17) is 10.8 Å². The zero-order valence-corrected chi connectivity index (χ0v) is 29.4. The Morgan fingerprint density at radius 2 is 1.12 bits per heavy atom. The Bertz CT molecular complexity index is 1290. The molecule has 5 amide bonds. The predicted octanol–water partition coefficient (Wildman–Crippen LogP) is 0.698. The van der Waals surface area contributed by atoms with Gasteiger partial charge in [-0.2, -0.15) is 0 Å². The molecular weight excluding hydrogens is 636 g/mol. The summed E-state index contributed by atoms with van der Waals surface area (Å²) < 4.78 is 0. The molecule has 0 radical (unpaired) electrons. The van der Waals surface area contributed by atoms with Gasteiger partial charge in [0.05, 0.1) is 12.5 Å². The van der Waals surface area contributed by atoms with E-state index in [0.717, 1.165) is 5.56 Å². The summed E-state index contributed by atoms with van der Waals surface area (Å²) in [6, 6.07) is 1.92. The smallest absolute Gasteiger partial charge is 0.325 e. The van der Waals surface area contributed by atoms with E-state index in [-0.39, 0.29) is 31.1 Å². The molecule has 1 aromatic carbocycles. The molecule has 0 fully saturated rings. The minimum Gasteiger partial charge on any atom is -0.481 e. The summed E-state index contributed by atoms with van der Waals surface area (Å²) in [5.41, 5.74) is 7.01. The second kappa shape index (κ2) is 20.8. The van der Waals surface area contributed by atoms with Gasteiger partial charge in [-0.3, -0.25) is 33.6 Å². The molecule has 7 atom stereocenters. The maximum Gasteiger partial charge on any atom is 0.325 e. The van der Waals surface area contributed by atoms with Crippen molar-refractivity contribution >= 4 is 41.5 Å². The summed E-state index contributed by atoms with van der Waals surface area (Å²) in [6.07, 6.45) is 0.260. The van der Waals surface area contributed by atoms with Crippen LogP contribution in [0.25, 0.3) is 0 Å². The first-order chi connectivity index (χ1) is 22.9. The standard InChI is InChI=1S/C34H54N6O9/c1-8-20(6)28(33(47)39-26(17-27(41)42)30(44)36-21(7)34(48)49)40-32(46)25(15-19(4)5)38-31(45)24(14-18(2)3)37-29(43)23(35)16-22-12-10-9-11-13-22/h9-13,18-21,23-26,28H,8,14-17,35H2,1-7H3,(H,36,44)(H,37,43)(H,38,45)(H,39,47)(H,40,46)(H,41,42)(H,48,49)/t20-,21-,23-,24-,25-,26-,28-/m0/s1. The highest BCUT2D eigenvalue weighted by molar-refractivity contribution is 5.97. The van der Waals surface area contributed by atoms with Crippen LogP contribution in [0, 0.1) is 17.8 Å². The average Bonchev–Trinajstić information content (AvgIpc) is 3.01. The predicted molar refractivity (Wildman–Crippen MR) is 182 cm³/mol. The molecule has 1 aromatic rings. The molecule has 0 aliphatic rings. The summed E-state index contributed by atoms with van der Waals surface area (Å²) >= 11 is 0. The van der Waals surface area contributed by atoms with Crippen molar-refractivity contribution < 1.29 is 43.8 Å². The zero-order chi connectivity index (χ0) is 37.4. The van der Waals surface area contributed by atoms with Gasteiger partial charge in [-0.25, -0.2) is 0 Å². The Kier molecular flexibility index (Phi) is 18.0. The van der Waals surface area contributed by atoms with E-state index in [1.807, 2.05) is 58.0 Å². The van der Waals surface area contributed by atoms with Crippen LogP contribution in [-0.4, -0.2) is 87.9 Å². The Hall–Kier alpha value is -4.53. The fraction of sp³-hybridized carbons (Fsp3) is 0.618. The van der Waals surface area contributed by atoms with E-state index in [1.165, 1.54) is 6.92 Å². The summed E-state index contributed by atoms with van der Waals surface area (Å²) in [7, 11) is 0. The number of amides is 5. The van der Waals surface area contributed by atoms with Crippen LogP contribution in [-0.2, 0) is 40.0 Å². The second-order valence-electron chi connectivity index (χ2n) is 13.3. The van der Waals surface area contributed by atoms with Gasteiger partial charge in [-0.15, -0.1) is 0 Å². The third-order valence-corrected chi connectivity index (χ3v) is 7.85. The zero-order valence-electron chi connectivity index (χ0n) is 29.4. The number of nitrogens with two attached hydrogens (primary N) is 1. The van der Waals surface area contributed by atoms with Crippen LogP contribution >= 0.6 is 0 Å². The molecule has 9 N–H and O–H groups in total. The molecule has 1 rings (SSSR count). The molecule has 15 nitrogen and oxygen atoms in total. The van der Waals surface area contributed by atoms with Gasteiger partial charge in [0.2, 0.25) is 29.5 Å². The molecule has 0 heterocycles. The summed E-state index contributed by atoms with van der Waals surface area (Å²) in [5.74, 6) is -7.08. The van der Waals surface area contributed by atoms with Gasteiger partial charge in [0.1, 0.15) is 30.2 Å². The van der Waals surface area contributed by atoms with Gasteiger partial charge in [0.25, 0.3) is 0 Å². The normalized spacial score (nSPS) is 15.5. The Balaban J connectivity index is 3.19. The lowest BCUT2D eigenvalue weighted by Gasteiger charge is -2.29. The number of carbonyl (C=O) groups excluding carboxylic acids is 5. The number of hydrogen-bond acceptors (Lipinski definition) is 8. The Labute approximate surface area is 287 Å². The number of nitrogens with one attached hydrogen (secondary N) is 5. The van der Waals surface area contributed by atoms with Crippen LogP contribution in [0.4, 0.5) is 0 Å². The van der Waals surface area contributed by atoms with E-state index in [1.54, 1.807) is 13.8 Å². The molecular formula is C34H54N6O9. The fourth-order valence-corrected chi connectivity index (χ4v) is 4.89. The molecule has 49 heavy (non-hydrogen) atoms. The second-order valence-corrected chi connectivity index (χ2v) is 13.3. The third kappa shape index (κ3) is 15.5.